The molecule has 2 aromatic carbocycles. The minimum Gasteiger partial charge on any atom is -0.206 e. The van der Waals surface area contributed by atoms with E-state index in [-0.39, 0.29) is 15.8 Å². The summed E-state index contributed by atoms with van der Waals surface area (Å²) in [5.74, 6) is -2.57. The predicted molar refractivity (Wildman–Crippen MR) is 75.6 cm³/mol. The molecule has 0 spiro atoms. The van der Waals surface area contributed by atoms with Gasteiger partial charge in [-0.25, -0.2) is 16.8 Å². The van der Waals surface area contributed by atoms with Gasteiger partial charge in [-0.2, -0.15) is 4.39 Å². The molecule has 1 aromatic heterocycles. The lowest BCUT2D eigenvalue weighted by atomic mass is 10.2. The highest BCUT2D eigenvalue weighted by Crippen LogP contribution is 2.28. The van der Waals surface area contributed by atoms with E-state index in [1.54, 1.807) is 12.1 Å². The topological polar surface area (TPSA) is 39.1 Å². The van der Waals surface area contributed by atoms with Gasteiger partial charge in [0.25, 0.3) is 10.0 Å². The molecule has 3 nitrogen and oxygen atoms in total. The summed E-state index contributed by atoms with van der Waals surface area (Å²) in [6, 6.07) is 11.7. The van der Waals surface area contributed by atoms with Crippen LogP contribution in [0.2, 0.25) is 0 Å². The summed E-state index contributed by atoms with van der Waals surface area (Å²) < 4.78 is 53.5. The van der Waals surface area contributed by atoms with Crippen LogP contribution in [0.1, 0.15) is 5.56 Å². The third-order valence-electron chi connectivity index (χ3n) is 3.28. The highest BCUT2D eigenvalue weighted by molar-refractivity contribution is 7.90. The molecule has 0 saturated carbocycles. The normalized spacial score (nSPS) is 12.0. The average molecular weight is 307 g/mol. The lowest BCUT2D eigenvalue weighted by Crippen LogP contribution is -2.15. The van der Waals surface area contributed by atoms with Crippen LogP contribution in [0.15, 0.2) is 53.4 Å². The van der Waals surface area contributed by atoms with Crippen LogP contribution in [-0.2, 0) is 10.0 Å². The third-order valence-corrected chi connectivity index (χ3v) is 4.98. The minimum atomic E-state index is -4.19. The number of rotatable bonds is 2. The van der Waals surface area contributed by atoms with Crippen LogP contribution in [0.3, 0.4) is 0 Å². The second-order valence-electron chi connectivity index (χ2n) is 4.70. The number of hydrogen-bond acceptors (Lipinski definition) is 2. The van der Waals surface area contributed by atoms with Crippen molar-refractivity contribution in [2.24, 2.45) is 0 Å². The Morgan fingerprint density at radius 2 is 1.57 bits per heavy atom. The van der Waals surface area contributed by atoms with Gasteiger partial charge in [0.1, 0.15) is 0 Å². The van der Waals surface area contributed by atoms with Gasteiger partial charge in [0.05, 0.1) is 10.4 Å². The first-order chi connectivity index (χ1) is 9.93. The third kappa shape index (κ3) is 2.03. The molecule has 108 valence electrons. The summed E-state index contributed by atoms with van der Waals surface area (Å²) in [7, 11) is -4.19. The first-order valence-corrected chi connectivity index (χ1v) is 7.63. The Labute approximate surface area is 120 Å². The summed E-state index contributed by atoms with van der Waals surface area (Å²) in [6.45, 7) is 1.81. The van der Waals surface area contributed by atoms with Crippen LogP contribution in [0.4, 0.5) is 8.78 Å². The van der Waals surface area contributed by atoms with Crippen LogP contribution in [-0.4, -0.2) is 12.4 Å². The van der Waals surface area contributed by atoms with Gasteiger partial charge in [0, 0.05) is 5.39 Å². The van der Waals surface area contributed by atoms with Crippen molar-refractivity contribution >= 4 is 20.9 Å². The van der Waals surface area contributed by atoms with Crippen LogP contribution < -0.4 is 0 Å². The molecule has 0 bridgehead atoms. The molecule has 0 fully saturated rings. The fourth-order valence-electron chi connectivity index (χ4n) is 2.19. The van der Waals surface area contributed by atoms with Gasteiger partial charge in [-0.3, -0.25) is 0 Å². The molecule has 0 unspecified atom stereocenters. The first-order valence-electron chi connectivity index (χ1n) is 6.19. The maximum absolute atomic E-state index is 14.1. The Hall–Kier alpha value is -2.21. The molecule has 1 heterocycles. The van der Waals surface area contributed by atoms with Crippen LogP contribution in [0.25, 0.3) is 10.9 Å². The van der Waals surface area contributed by atoms with E-state index in [0.29, 0.717) is 3.97 Å². The smallest absolute Gasteiger partial charge is 0.206 e. The highest BCUT2D eigenvalue weighted by atomic mass is 32.2. The van der Waals surface area contributed by atoms with E-state index in [9.17, 15) is 17.2 Å². The molecule has 0 amide bonds. The van der Waals surface area contributed by atoms with Gasteiger partial charge in [-0.1, -0.05) is 29.8 Å². The van der Waals surface area contributed by atoms with Crippen molar-refractivity contribution in [3.8, 4) is 0 Å². The largest absolute Gasteiger partial charge is 0.270 e. The number of para-hydroxylation sites is 1. The molecule has 0 saturated heterocycles. The zero-order chi connectivity index (χ0) is 15.2. The zero-order valence-corrected chi connectivity index (χ0v) is 11.9. The summed E-state index contributed by atoms with van der Waals surface area (Å²) in [4.78, 5) is -0.0900. The van der Waals surface area contributed by atoms with Gasteiger partial charge in [-0.15, -0.1) is 0 Å². The van der Waals surface area contributed by atoms with Crippen molar-refractivity contribution in [3.05, 3.63) is 65.9 Å². The van der Waals surface area contributed by atoms with Gasteiger partial charge >= 0.3 is 0 Å². The Bertz CT molecular complexity index is 928. The zero-order valence-electron chi connectivity index (χ0n) is 11.0. The van der Waals surface area contributed by atoms with Gasteiger partial charge in [-0.05, 0) is 31.2 Å². The fourth-order valence-corrected chi connectivity index (χ4v) is 3.59. The lowest BCUT2D eigenvalue weighted by molar-refractivity contribution is 0.480. The Morgan fingerprint density at radius 1 is 0.952 bits per heavy atom. The van der Waals surface area contributed by atoms with Crippen molar-refractivity contribution in [2.75, 3.05) is 0 Å². The van der Waals surface area contributed by atoms with Crippen LogP contribution in [0.5, 0.6) is 0 Å². The highest BCUT2D eigenvalue weighted by Gasteiger charge is 2.27. The van der Waals surface area contributed by atoms with Crippen LogP contribution in [0, 0.1) is 18.7 Å². The number of nitrogens with zero attached hydrogens (tertiary/aromatic N) is 1. The lowest BCUT2D eigenvalue weighted by Gasteiger charge is -2.08. The van der Waals surface area contributed by atoms with Crippen molar-refractivity contribution in [1.82, 2.24) is 3.97 Å². The second-order valence-corrected chi connectivity index (χ2v) is 6.49. The van der Waals surface area contributed by atoms with Gasteiger partial charge < -0.3 is 0 Å². The molecule has 0 aliphatic rings. The van der Waals surface area contributed by atoms with Crippen molar-refractivity contribution in [1.29, 1.82) is 0 Å². The maximum atomic E-state index is 14.1. The maximum Gasteiger partial charge on any atom is 0.270 e. The first kappa shape index (κ1) is 13.8. The standard InChI is InChI=1S/C15H11F2NO2S/c1-10-6-8-11(9-7-10)21(19,20)18-13-5-3-2-4-12(13)14(16)15(18)17/h2-9H,1H3. The molecule has 0 atom stereocenters. The number of benzene rings is 2. The van der Waals surface area contributed by atoms with E-state index < -0.39 is 21.8 Å². The van der Waals surface area contributed by atoms with Crippen molar-refractivity contribution in [3.63, 3.8) is 0 Å². The minimum absolute atomic E-state index is 0.0203. The molecule has 6 heteroatoms. The second kappa shape index (κ2) is 4.66. The van der Waals surface area contributed by atoms with Crippen LogP contribution >= 0.6 is 0 Å². The molecule has 3 aromatic rings. The van der Waals surface area contributed by atoms with Gasteiger partial charge in [0.2, 0.25) is 5.95 Å². The molecule has 0 N–H and O–H groups in total. The van der Waals surface area contributed by atoms with E-state index in [4.69, 9.17) is 0 Å². The summed E-state index contributed by atoms with van der Waals surface area (Å²) in [5.41, 5.74) is 0.853. The van der Waals surface area contributed by atoms with E-state index in [2.05, 4.69) is 0 Å². The molecular formula is C15H11F2NO2S. The van der Waals surface area contributed by atoms with E-state index >= 15 is 0 Å². The van der Waals surface area contributed by atoms with Crippen molar-refractivity contribution < 1.29 is 17.2 Å². The Morgan fingerprint density at radius 3 is 2.24 bits per heavy atom. The van der Waals surface area contributed by atoms with Crippen molar-refractivity contribution in [2.45, 2.75) is 11.8 Å². The monoisotopic (exact) mass is 307 g/mol. The molecule has 0 aliphatic carbocycles. The van der Waals surface area contributed by atoms with Gasteiger partial charge in [0.15, 0.2) is 5.82 Å². The molecule has 0 radical (unpaired) electrons. The number of halogens is 2. The fraction of sp³-hybridized carbons (Fsp3) is 0.0667. The van der Waals surface area contributed by atoms with E-state index in [0.717, 1.165) is 5.56 Å². The molecule has 21 heavy (non-hydrogen) atoms. The quantitative estimate of drug-likeness (QED) is 0.727. The van der Waals surface area contributed by atoms with E-state index in [1.165, 1.54) is 36.4 Å². The Balaban J connectivity index is 2.34. The summed E-state index contributed by atoms with van der Waals surface area (Å²) in [6.07, 6.45) is 0. The predicted octanol–water partition coefficient (Wildman–Crippen LogP) is 3.46. The number of aromatic nitrogens is 1. The average Bonchev–Trinajstić information content (AvgIpc) is 2.72. The summed E-state index contributed by atoms with van der Waals surface area (Å²) in [5, 5.41) is -0.0642. The molecule has 0 aliphatic heterocycles. The SMILES string of the molecule is Cc1ccc(S(=O)(=O)n2c(F)c(F)c3ccccc32)cc1. The molecular weight excluding hydrogens is 296 g/mol. The Kier molecular flexibility index (Phi) is 3.06. The number of hydrogen-bond donors (Lipinski definition) is 0. The van der Waals surface area contributed by atoms with E-state index in [1.807, 2.05) is 6.92 Å². The molecule has 3 rings (SSSR count). The number of aryl methyl sites for hydroxylation is 1. The summed E-state index contributed by atoms with van der Waals surface area (Å²) >= 11 is 0. The number of fused-ring (bicyclic) bond motifs is 1.